The number of hydrogen-bond acceptors (Lipinski definition) is 2. The number of para-hydroxylation sites is 1. The van der Waals surface area contributed by atoms with E-state index in [2.05, 4.69) is 52.8 Å². The lowest BCUT2D eigenvalue weighted by Crippen LogP contribution is -2.33. The lowest BCUT2D eigenvalue weighted by Gasteiger charge is -2.30. The number of carboxylic acid groups (broad SMARTS) is 1. The summed E-state index contributed by atoms with van der Waals surface area (Å²) in [5, 5.41) is 11.5. The molecule has 112 valence electrons. The number of fused-ring (bicyclic) bond motifs is 3. The van der Waals surface area contributed by atoms with Crippen LogP contribution in [0.4, 0.5) is 5.69 Å². The fourth-order valence-corrected chi connectivity index (χ4v) is 3.55. The van der Waals surface area contributed by atoms with E-state index in [1.54, 1.807) is 0 Å². The van der Waals surface area contributed by atoms with Gasteiger partial charge in [0, 0.05) is 35.9 Å². The molecule has 1 N–H and O–H groups in total. The summed E-state index contributed by atoms with van der Waals surface area (Å²) in [7, 11) is 0. The van der Waals surface area contributed by atoms with Crippen LogP contribution in [0.2, 0.25) is 0 Å². The molecule has 4 heteroatoms. The van der Waals surface area contributed by atoms with Crippen LogP contribution < -0.4 is 4.90 Å². The molecular weight excluding hydrogens is 276 g/mol. The molecule has 1 aliphatic rings. The van der Waals surface area contributed by atoms with Gasteiger partial charge in [0.2, 0.25) is 0 Å². The van der Waals surface area contributed by atoms with Crippen LogP contribution in [-0.4, -0.2) is 28.7 Å². The highest BCUT2D eigenvalue weighted by atomic mass is 16.4. The molecule has 0 unspecified atom stereocenters. The Labute approximate surface area is 128 Å². The smallest absolute Gasteiger partial charge is 0.305 e. The van der Waals surface area contributed by atoms with E-state index in [0.717, 1.165) is 18.8 Å². The Hall–Kier alpha value is -2.49. The number of aryl methyl sites for hydroxylation is 1. The molecule has 0 aliphatic carbocycles. The van der Waals surface area contributed by atoms with Crippen LogP contribution in [0.3, 0.4) is 0 Å². The summed E-state index contributed by atoms with van der Waals surface area (Å²) in [6.45, 7) is 4.44. The third-order valence-corrected chi connectivity index (χ3v) is 4.55. The zero-order valence-corrected chi connectivity index (χ0v) is 12.5. The highest BCUT2D eigenvalue weighted by Crippen LogP contribution is 2.38. The fourth-order valence-electron chi connectivity index (χ4n) is 3.55. The zero-order valence-electron chi connectivity index (χ0n) is 12.5. The van der Waals surface area contributed by atoms with Crippen molar-refractivity contribution in [3.05, 3.63) is 42.0 Å². The molecule has 2 heterocycles. The number of aromatic nitrogens is 1. The number of hydrogen-bond donors (Lipinski definition) is 1. The summed E-state index contributed by atoms with van der Waals surface area (Å²) in [4.78, 5) is 13.1. The molecule has 4 nitrogen and oxygen atoms in total. The molecule has 0 saturated carbocycles. The van der Waals surface area contributed by atoms with Crippen LogP contribution in [0.15, 0.2) is 36.4 Å². The van der Waals surface area contributed by atoms with Gasteiger partial charge in [0.1, 0.15) is 0 Å². The zero-order chi connectivity index (χ0) is 15.3. The first-order valence-corrected chi connectivity index (χ1v) is 7.63. The number of rotatable bonds is 3. The Balaban J connectivity index is 1.94. The number of carboxylic acids is 1. The minimum Gasteiger partial charge on any atom is -0.481 e. The Morgan fingerprint density at radius 3 is 2.86 bits per heavy atom. The Morgan fingerprint density at radius 1 is 1.18 bits per heavy atom. The molecule has 0 spiro atoms. The molecule has 1 aromatic heterocycles. The van der Waals surface area contributed by atoms with E-state index in [0.29, 0.717) is 6.54 Å². The van der Waals surface area contributed by atoms with Gasteiger partial charge in [0.25, 0.3) is 0 Å². The summed E-state index contributed by atoms with van der Waals surface area (Å²) in [5.74, 6) is -0.742. The molecule has 0 amide bonds. The molecule has 0 atom stereocenters. The summed E-state index contributed by atoms with van der Waals surface area (Å²) in [6.07, 6.45) is 0.176. The van der Waals surface area contributed by atoms with Crippen LogP contribution in [0.25, 0.3) is 21.8 Å². The third-order valence-electron chi connectivity index (χ3n) is 4.55. The Morgan fingerprint density at radius 2 is 2.05 bits per heavy atom. The molecule has 0 bridgehead atoms. The lowest BCUT2D eigenvalue weighted by molar-refractivity contribution is -0.136. The van der Waals surface area contributed by atoms with Gasteiger partial charge in [-0.05, 0) is 25.1 Å². The molecule has 0 saturated heterocycles. The van der Waals surface area contributed by atoms with Crippen molar-refractivity contribution in [2.24, 2.45) is 0 Å². The van der Waals surface area contributed by atoms with Gasteiger partial charge in [0.15, 0.2) is 0 Å². The second-order valence-corrected chi connectivity index (χ2v) is 5.98. The van der Waals surface area contributed by atoms with Gasteiger partial charge >= 0.3 is 5.97 Å². The topological polar surface area (TPSA) is 45.5 Å². The van der Waals surface area contributed by atoms with Crippen molar-refractivity contribution in [3.8, 4) is 0 Å². The third kappa shape index (κ3) is 1.87. The first kappa shape index (κ1) is 13.2. The van der Waals surface area contributed by atoms with Crippen LogP contribution in [0, 0.1) is 6.92 Å². The average Bonchev–Trinajstić information content (AvgIpc) is 2.82. The highest BCUT2D eigenvalue weighted by molar-refractivity contribution is 6.12. The van der Waals surface area contributed by atoms with Crippen molar-refractivity contribution >= 4 is 33.5 Å². The van der Waals surface area contributed by atoms with Crippen molar-refractivity contribution in [3.63, 3.8) is 0 Å². The Bertz CT molecular complexity index is 895. The van der Waals surface area contributed by atoms with Crippen molar-refractivity contribution < 1.29 is 9.90 Å². The number of carbonyl (C=O) groups is 1. The molecule has 1 aliphatic heterocycles. The summed E-state index contributed by atoms with van der Waals surface area (Å²) in [5.41, 5.74) is 4.92. The average molecular weight is 294 g/mol. The number of anilines is 1. The van der Waals surface area contributed by atoms with Crippen molar-refractivity contribution in [2.45, 2.75) is 19.9 Å². The van der Waals surface area contributed by atoms with Crippen LogP contribution in [0.1, 0.15) is 12.0 Å². The van der Waals surface area contributed by atoms with Gasteiger partial charge in [-0.15, -0.1) is 0 Å². The highest BCUT2D eigenvalue weighted by Gasteiger charge is 2.22. The maximum atomic E-state index is 10.9. The van der Waals surface area contributed by atoms with E-state index in [1.807, 2.05) is 0 Å². The normalized spacial score (nSPS) is 14.0. The monoisotopic (exact) mass is 294 g/mol. The maximum Gasteiger partial charge on any atom is 0.305 e. The molecule has 3 aromatic rings. The number of benzene rings is 2. The maximum absolute atomic E-state index is 10.9. The number of aliphatic carboxylic acids is 1. The second kappa shape index (κ2) is 4.77. The fraction of sp³-hybridized carbons (Fsp3) is 0.278. The number of nitrogens with zero attached hydrogens (tertiary/aromatic N) is 2. The van der Waals surface area contributed by atoms with E-state index in [1.165, 1.54) is 27.4 Å². The summed E-state index contributed by atoms with van der Waals surface area (Å²) in [6, 6.07) is 12.9. The van der Waals surface area contributed by atoms with Crippen LogP contribution in [-0.2, 0) is 11.3 Å². The van der Waals surface area contributed by atoms with Crippen LogP contribution in [0.5, 0.6) is 0 Å². The lowest BCUT2D eigenvalue weighted by atomic mass is 10.1. The van der Waals surface area contributed by atoms with Gasteiger partial charge < -0.3 is 14.6 Å². The van der Waals surface area contributed by atoms with E-state index in [9.17, 15) is 4.79 Å². The molecule has 22 heavy (non-hydrogen) atoms. The van der Waals surface area contributed by atoms with E-state index < -0.39 is 5.97 Å². The molecule has 4 rings (SSSR count). The van der Waals surface area contributed by atoms with Gasteiger partial charge in [-0.25, -0.2) is 0 Å². The van der Waals surface area contributed by atoms with E-state index >= 15 is 0 Å². The molecule has 0 fully saturated rings. The van der Waals surface area contributed by atoms with E-state index in [4.69, 9.17) is 5.11 Å². The van der Waals surface area contributed by atoms with E-state index in [-0.39, 0.29) is 6.42 Å². The SMILES string of the molecule is Cc1ccc2c(c1)c1cccc3c1n2CCN3CCC(=O)O. The predicted octanol–water partition coefficient (Wildman–Crippen LogP) is 3.40. The Kier molecular flexibility index (Phi) is 2.86. The minimum absolute atomic E-state index is 0.176. The van der Waals surface area contributed by atoms with Crippen molar-refractivity contribution in [1.82, 2.24) is 4.57 Å². The summed E-state index contributed by atoms with van der Waals surface area (Å²) < 4.78 is 2.37. The predicted molar refractivity (Wildman–Crippen MR) is 88.6 cm³/mol. The molecule has 2 aromatic carbocycles. The largest absolute Gasteiger partial charge is 0.481 e. The first-order valence-electron chi connectivity index (χ1n) is 7.63. The van der Waals surface area contributed by atoms with Crippen LogP contribution >= 0.6 is 0 Å². The van der Waals surface area contributed by atoms with Gasteiger partial charge in [-0.1, -0.05) is 23.8 Å². The minimum atomic E-state index is -0.742. The van der Waals surface area contributed by atoms with Gasteiger partial charge in [-0.3, -0.25) is 4.79 Å². The second-order valence-electron chi connectivity index (χ2n) is 5.98. The van der Waals surface area contributed by atoms with Gasteiger partial charge in [-0.2, -0.15) is 0 Å². The first-order chi connectivity index (χ1) is 10.6. The standard InChI is InChI=1S/C18H18N2O2/c1-12-5-6-15-14(11-12)13-3-2-4-16-18(13)20(15)10-9-19(16)8-7-17(21)22/h2-6,11H,7-10H2,1H3,(H,21,22). The molecular formula is C18H18N2O2. The summed E-state index contributed by atoms with van der Waals surface area (Å²) >= 11 is 0. The van der Waals surface area contributed by atoms with Gasteiger partial charge in [0.05, 0.1) is 17.6 Å². The quantitative estimate of drug-likeness (QED) is 0.805. The molecule has 0 radical (unpaired) electrons. The van der Waals surface area contributed by atoms with Crippen molar-refractivity contribution in [2.75, 3.05) is 18.0 Å². The van der Waals surface area contributed by atoms with Crippen molar-refractivity contribution in [1.29, 1.82) is 0 Å².